The molecule has 0 bridgehead atoms. The van der Waals surface area contributed by atoms with Crippen molar-refractivity contribution in [2.75, 3.05) is 6.61 Å². The molecule has 0 radical (unpaired) electrons. The third-order valence-electron chi connectivity index (χ3n) is 11.1. The van der Waals surface area contributed by atoms with E-state index in [9.17, 15) is 34.2 Å². The number of carbonyl (C=O) groups excluding carboxylic acids is 4. The van der Waals surface area contributed by atoms with E-state index >= 15 is 0 Å². The number of benzene rings is 1. The number of nitrogens with one attached hydrogen (secondary N) is 1. The first-order valence-corrected chi connectivity index (χ1v) is 15.2. The summed E-state index contributed by atoms with van der Waals surface area (Å²) in [6, 6.07) is 6.06. The van der Waals surface area contributed by atoms with Gasteiger partial charge in [-0.3, -0.25) is 19.2 Å². The number of aliphatic hydroxyl groups is 2. The number of allylic oxidation sites excluding steroid dienone is 1. The van der Waals surface area contributed by atoms with Crippen molar-refractivity contribution in [1.82, 2.24) is 5.32 Å². The van der Waals surface area contributed by atoms with E-state index in [1.807, 2.05) is 6.92 Å². The summed E-state index contributed by atoms with van der Waals surface area (Å²) < 4.78 is 5.20. The van der Waals surface area contributed by atoms with E-state index in [0.29, 0.717) is 24.8 Å². The van der Waals surface area contributed by atoms with Gasteiger partial charge in [0.1, 0.15) is 5.60 Å². The lowest BCUT2D eigenvalue weighted by Gasteiger charge is -2.60. The van der Waals surface area contributed by atoms with E-state index in [-0.39, 0.29) is 66.7 Å². The summed E-state index contributed by atoms with van der Waals surface area (Å²) in [6.45, 7) is 3.59. The lowest BCUT2D eigenvalue weighted by molar-refractivity contribution is -0.184. The van der Waals surface area contributed by atoms with E-state index in [1.54, 1.807) is 18.2 Å². The van der Waals surface area contributed by atoms with Gasteiger partial charge in [-0.15, -0.1) is 0 Å². The monoisotopic (exact) mass is 595 g/mol. The van der Waals surface area contributed by atoms with Crippen LogP contribution < -0.4 is 5.32 Å². The van der Waals surface area contributed by atoms with Crippen molar-refractivity contribution < 1.29 is 44.0 Å². The van der Waals surface area contributed by atoms with Crippen molar-refractivity contribution >= 4 is 29.4 Å². The van der Waals surface area contributed by atoms with Gasteiger partial charge in [-0.1, -0.05) is 31.6 Å². The Hall–Kier alpha value is -3.37. The predicted molar refractivity (Wildman–Crippen MR) is 153 cm³/mol. The molecule has 232 valence electrons. The first-order chi connectivity index (χ1) is 20.3. The zero-order valence-electron chi connectivity index (χ0n) is 24.8. The van der Waals surface area contributed by atoms with E-state index in [2.05, 4.69) is 12.2 Å². The van der Waals surface area contributed by atoms with Crippen LogP contribution in [0.25, 0.3) is 0 Å². The van der Waals surface area contributed by atoms with Crippen LogP contribution in [0, 0.1) is 28.6 Å². The number of carboxylic acids is 1. The Kier molecular flexibility index (Phi) is 8.39. The first-order valence-electron chi connectivity index (χ1n) is 15.2. The number of aromatic carboxylic acids is 1. The Bertz CT molecular complexity index is 1350. The van der Waals surface area contributed by atoms with Crippen LogP contribution in [0.3, 0.4) is 0 Å². The SMILES string of the molecule is C[C@]12CCC(=O)C=C1CC[C@H]1[C@H]2[C@@H](O)C[C@@]2(C)[C@H]1CC[C@]2(O)C(=O)COC(=O)CCC(=O)NCc1ccc(C(=O)O)cc1. The van der Waals surface area contributed by atoms with Crippen LogP contribution in [-0.2, 0) is 30.5 Å². The molecule has 0 spiro atoms. The fraction of sp³-hybridized carbons (Fsp3) is 0.606. The second kappa shape index (κ2) is 11.6. The average molecular weight is 596 g/mol. The molecule has 0 unspecified atom stereocenters. The Morgan fingerprint density at radius 2 is 1.74 bits per heavy atom. The van der Waals surface area contributed by atoms with E-state index in [0.717, 1.165) is 18.4 Å². The number of ether oxygens (including phenoxy) is 1. The maximum Gasteiger partial charge on any atom is 0.335 e. The lowest BCUT2D eigenvalue weighted by Crippen LogP contribution is -2.62. The van der Waals surface area contributed by atoms with Gasteiger partial charge >= 0.3 is 11.9 Å². The van der Waals surface area contributed by atoms with E-state index in [1.165, 1.54) is 12.1 Å². The molecule has 1 aromatic rings. The summed E-state index contributed by atoms with van der Waals surface area (Å²) in [5, 5.41) is 34.9. The molecule has 5 rings (SSSR count). The number of aliphatic hydroxyl groups excluding tert-OH is 1. The Labute approximate surface area is 250 Å². The number of hydrogen-bond acceptors (Lipinski definition) is 8. The molecule has 10 nitrogen and oxygen atoms in total. The van der Waals surface area contributed by atoms with Crippen LogP contribution in [0.1, 0.15) is 87.6 Å². The van der Waals surface area contributed by atoms with Crippen molar-refractivity contribution in [3.05, 3.63) is 47.0 Å². The Morgan fingerprint density at radius 3 is 2.44 bits per heavy atom. The molecule has 1 aromatic carbocycles. The summed E-state index contributed by atoms with van der Waals surface area (Å²) in [6.07, 6.45) is 4.51. The molecule has 1 amide bonds. The highest BCUT2D eigenvalue weighted by Crippen LogP contribution is 2.67. The van der Waals surface area contributed by atoms with Gasteiger partial charge < -0.3 is 25.4 Å². The number of ketones is 2. The van der Waals surface area contributed by atoms with Crippen LogP contribution >= 0.6 is 0 Å². The summed E-state index contributed by atoms with van der Waals surface area (Å²) in [7, 11) is 0. The van der Waals surface area contributed by atoms with Gasteiger partial charge in [-0.05, 0) is 85.5 Å². The number of amides is 1. The van der Waals surface area contributed by atoms with Crippen LogP contribution in [-0.4, -0.2) is 63.0 Å². The van der Waals surface area contributed by atoms with Crippen LogP contribution in [0.2, 0.25) is 0 Å². The Balaban J connectivity index is 1.14. The molecule has 0 saturated heterocycles. The fourth-order valence-electron chi connectivity index (χ4n) is 8.76. The fourth-order valence-corrected chi connectivity index (χ4v) is 8.76. The summed E-state index contributed by atoms with van der Waals surface area (Å²) in [4.78, 5) is 61.1. The predicted octanol–water partition coefficient (Wildman–Crippen LogP) is 3.13. The van der Waals surface area contributed by atoms with Crippen LogP contribution in [0.5, 0.6) is 0 Å². The van der Waals surface area contributed by atoms with Crippen molar-refractivity contribution in [1.29, 1.82) is 0 Å². The molecule has 10 heteroatoms. The van der Waals surface area contributed by atoms with Gasteiger partial charge in [0.2, 0.25) is 11.7 Å². The maximum absolute atomic E-state index is 13.4. The summed E-state index contributed by atoms with van der Waals surface area (Å²) >= 11 is 0. The number of fused-ring (bicyclic) bond motifs is 5. The maximum atomic E-state index is 13.4. The van der Waals surface area contributed by atoms with Crippen LogP contribution in [0.15, 0.2) is 35.9 Å². The van der Waals surface area contributed by atoms with Gasteiger partial charge in [0.25, 0.3) is 0 Å². The number of esters is 1. The minimum atomic E-state index is -1.74. The van der Waals surface area contributed by atoms with Crippen LogP contribution in [0.4, 0.5) is 0 Å². The summed E-state index contributed by atoms with van der Waals surface area (Å²) in [5.41, 5.74) is -0.920. The standard InChI is InChI=1S/C33H41NO9/c1-31-13-11-22(35)15-21(31)7-8-23-24-12-14-33(42,32(24,2)16-25(36)29(23)31)26(37)18-43-28(39)10-9-27(38)34-17-19-3-5-20(6-4-19)30(40)41/h3-6,15,23-25,29,36,42H,7-14,16-18H2,1-2H3,(H,34,38)(H,40,41)/t23-,24+,25+,29+,31+,32+,33+/m1/s1. The molecule has 0 heterocycles. The Morgan fingerprint density at radius 1 is 1.02 bits per heavy atom. The van der Waals surface area contributed by atoms with Crippen molar-refractivity contribution in [2.24, 2.45) is 28.6 Å². The van der Waals surface area contributed by atoms with Crippen molar-refractivity contribution in [3.63, 3.8) is 0 Å². The van der Waals surface area contributed by atoms with Gasteiger partial charge in [0, 0.05) is 24.8 Å². The number of hydrogen-bond donors (Lipinski definition) is 4. The molecule has 4 aliphatic carbocycles. The third-order valence-corrected chi connectivity index (χ3v) is 11.1. The minimum Gasteiger partial charge on any atom is -0.478 e. The zero-order chi connectivity index (χ0) is 31.2. The smallest absolute Gasteiger partial charge is 0.335 e. The average Bonchev–Trinajstić information content (AvgIpc) is 3.24. The molecule has 7 atom stereocenters. The van der Waals surface area contributed by atoms with Crippen molar-refractivity contribution in [3.8, 4) is 0 Å². The molecule has 4 N–H and O–H groups in total. The van der Waals surface area contributed by atoms with Gasteiger partial charge in [-0.25, -0.2) is 4.79 Å². The van der Waals surface area contributed by atoms with Gasteiger partial charge in [0.05, 0.1) is 18.1 Å². The highest BCUT2D eigenvalue weighted by Gasteiger charge is 2.68. The van der Waals surface area contributed by atoms with E-state index in [4.69, 9.17) is 9.84 Å². The van der Waals surface area contributed by atoms with E-state index < -0.39 is 47.4 Å². The second-order valence-corrected chi connectivity index (χ2v) is 13.3. The second-order valence-electron chi connectivity index (χ2n) is 13.3. The lowest BCUT2D eigenvalue weighted by atomic mass is 9.45. The van der Waals surface area contributed by atoms with Crippen molar-refractivity contribution in [2.45, 2.75) is 89.9 Å². The highest BCUT2D eigenvalue weighted by atomic mass is 16.5. The molecule has 3 fully saturated rings. The molecular formula is C33H41NO9. The number of carboxylic acid groups (broad SMARTS) is 1. The first kappa shape index (κ1) is 31.1. The quantitative estimate of drug-likeness (QED) is 0.314. The molecule has 43 heavy (non-hydrogen) atoms. The summed E-state index contributed by atoms with van der Waals surface area (Å²) in [5.74, 6) is -2.52. The topological polar surface area (TPSA) is 167 Å². The third kappa shape index (κ3) is 5.55. The molecule has 0 aliphatic heterocycles. The normalized spacial score (nSPS) is 34.7. The largest absolute Gasteiger partial charge is 0.478 e. The molecule has 0 aromatic heterocycles. The highest BCUT2D eigenvalue weighted by molar-refractivity contribution is 5.92. The molecule has 3 saturated carbocycles. The molecular weight excluding hydrogens is 554 g/mol. The number of rotatable bonds is 9. The molecule has 4 aliphatic rings. The van der Waals surface area contributed by atoms with Gasteiger partial charge in [0.15, 0.2) is 12.4 Å². The number of carbonyl (C=O) groups is 5. The zero-order valence-corrected chi connectivity index (χ0v) is 24.8. The van der Waals surface area contributed by atoms with Gasteiger partial charge in [-0.2, -0.15) is 0 Å². The number of Topliss-reactive ketones (excluding diaryl/α,β-unsaturated/α-hetero) is 1. The minimum absolute atomic E-state index is 0.0191.